The topological polar surface area (TPSA) is 99.8 Å². The molecule has 6 rings (SSSR count). The third-order valence-corrected chi connectivity index (χ3v) is 6.23. The summed E-state index contributed by atoms with van der Waals surface area (Å²) < 4.78 is 13.9. The molecule has 4 aromatic heterocycles. The van der Waals surface area contributed by atoms with Gasteiger partial charge in [-0.2, -0.15) is 10.2 Å². The Morgan fingerprint density at radius 1 is 0.763 bits per heavy atom. The normalized spacial score (nSPS) is 10.8. The van der Waals surface area contributed by atoms with E-state index in [-0.39, 0.29) is 5.56 Å². The van der Waals surface area contributed by atoms with Gasteiger partial charge in [-0.3, -0.25) is 14.2 Å². The van der Waals surface area contributed by atoms with Crippen LogP contribution in [0.1, 0.15) is 11.1 Å². The number of hydrogen-bond acceptors (Lipinski definition) is 6. The number of fused-ring (bicyclic) bond motifs is 2. The predicted octanol–water partition coefficient (Wildman–Crippen LogP) is 4.92. The lowest BCUT2D eigenvalue weighted by Gasteiger charge is -2.03. The van der Waals surface area contributed by atoms with Crippen LogP contribution in [0, 0.1) is 0 Å². The van der Waals surface area contributed by atoms with Crippen LogP contribution in [0.2, 0.25) is 5.15 Å². The number of rotatable bonds is 6. The molecule has 0 atom stereocenters. The van der Waals surface area contributed by atoms with Crippen LogP contribution in [-0.2, 0) is 13.1 Å². The van der Waals surface area contributed by atoms with Gasteiger partial charge in [0.1, 0.15) is 16.7 Å². The molecule has 0 bridgehead atoms. The fourth-order valence-corrected chi connectivity index (χ4v) is 4.17. The third-order valence-electron chi connectivity index (χ3n) is 5.93. The number of pyridine rings is 2. The van der Waals surface area contributed by atoms with E-state index in [0.29, 0.717) is 29.1 Å². The second-order valence-electron chi connectivity index (χ2n) is 8.49. The molecule has 9 nitrogen and oxygen atoms in total. The molecule has 0 spiro atoms. The highest BCUT2D eigenvalue weighted by atomic mass is 35.5. The zero-order chi connectivity index (χ0) is 26.5. The molecule has 0 amide bonds. The van der Waals surface area contributed by atoms with Crippen LogP contribution in [-0.4, -0.2) is 43.7 Å². The number of H-pyrrole nitrogens is 1. The first-order valence-corrected chi connectivity index (χ1v) is 12.2. The highest BCUT2D eigenvalue weighted by Crippen LogP contribution is 2.20. The lowest BCUT2D eigenvalue weighted by Crippen LogP contribution is -2.02. The van der Waals surface area contributed by atoms with E-state index in [1.165, 1.54) is 0 Å². The number of hydrogen-bond donors (Lipinski definition) is 1. The molecule has 6 aromatic rings. The molecule has 4 heterocycles. The van der Waals surface area contributed by atoms with Crippen molar-refractivity contribution in [2.45, 2.75) is 13.1 Å². The lowest BCUT2D eigenvalue weighted by atomic mass is 10.2. The van der Waals surface area contributed by atoms with Gasteiger partial charge in [-0.25, -0.2) is 4.98 Å². The number of aromatic amines is 1. The Morgan fingerprint density at radius 3 is 1.79 bits per heavy atom. The Balaban J connectivity index is 0.000000155. The van der Waals surface area contributed by atoms with Crippen LogP contribution >= 0.6 is 11.6 Å². The predicted molar refractivity (Wildman–Crippen MR) is 147 cm³/mol. The van der Waals surface area contributed by atoms with Gasteiger partial charge in [0.2, 0.25) is 0 Å². The Labute approximate surface area is 223 Å². The molecule has 2 aromatic carbocycles. The summed E-state index contributed by atoms with van der Waals surface area (Å²) in [5, 5.41) is 10.8. The molecule has 0 aliphatic carbocycles. The maximum atomic E-state index is 11.6. The first-order valence-electron chi connectivity index (χ1n) is 11.8. The monoisotopic (exact) mass is 528 g/mol. The average molecular weight is 529 g/mol. The average Bonchev–Trinajstić information content (AvgIpc) is 3.55. The van der Waals surface area contributed by atoms with Gasteiger partial charge in [-0.05, 0) is 47.5 Å². The number of ether oxygens (including phenoxy) is 2. The largest absolute Gasteiger partial charge is 0.497 e. The lowest BCUT2D eigenvalue weighted by molar-refractivity contribution is 0.414. The number of halogens is 1. The summed E-state index contributed by atoms with van der Waals surface area (Å²) in [6, 6.07) is 19.3. The second-order valence-corrected chi connectivity index (χ2v) is 8.85. The van der Waals surface area contributed by atoms with Gasteiger partial charge in [0.15, 0.2) is 0 Å². The zero-order valence-corrected chi connectivity index (χ0v) is 21.6. The fraction of sp³-hybridized carbons (Fsp3) is 0.143. The van der Waals surface area contributed by atoms with Crippen LogP contribution in [0.3, 0.4) is 0 Å². The Morgan fingerprint density at radius 2 is 1.29 bits per heavy atom. The third kappa shape index (κ3) is 5.68. The zero-order valence-electron chi connectivity index (χ0n) is 20.8. The Hall–Kier alpha value is -4.63. The van der Waals surface area contributed by atoms with E-state index < -0.39 is 0 Å². The van der Waals surface area contributed by atoms with E-state index in [0.717, 1.165) is 33.5 Å². The minimum atomic E-state index is -0.113. The SMILES string of the molecule is COc1ccc(Cn2cc3c(=O)[nH]ccc3n2)cc1.COc1ccc(Cn2cc3c(Cl)nccc3n2)cc1. The maximum absolute atomic E-state index is 11.6. The molecule has 1 N–H and O–H groups in total. The molecule has 10 heteroatoms. The van der Waals surface area contributed by atoms with E-state index in [1.807, 2.05) is 65.5 Å². The molecule has 0 radical (unpaired) electrons. The molecule has 0 unspecified atom stereocenters. The van der Waals surface area contributed by atoms with Crippen LogP contribution in [0.5, 0.6) is 11.5 Å². The van der Waals surface area contributed by atoms with E-state index in [2.05, 4.69) is 20.2 Å². The van der Waals surface area contributed by atoms with Gasteiger partial charge in [0, 0.05) is 24.8 Å². The molecule has 38 heavy (non-hydrogen) atoms. The summed E-state index contributed by atoms with van der Waals surface area (Å²) in [5.41, 5.74) is 3.70. The number of aromatic nitrogens is 6. The summed E-state index contributed by atoms with van der Waals surface area (Å²) >= 11 is 6.03. The highest BCUT2D eigenvalue weighted by molar-refractivity contribution is 6.34. The van der Waals surface area contributed by atoms with Crippen LogP contribution in [0.4, 0.5) is 0 Å². The molecule has 0 saturated heterocycles. The smallest absolute Gasteiger partial charge is 0.259 e. The molecule has 0 aliphatic heterocycles. The Kier molecular flexibility index (Phi) is 7.37. The summed E-state index contributed by atoms with van der Waals surface area (Å²) in [6.45, 7) is 1.31. The number of nitrogens with one attached hydrogen (secondary N) is 1. The fourth-order valence-electron chi connectivity index (χ4n) is 3.97. The van der Waals surface area contributed by atoms with Gasteiger partial charge in [0.05, 0.1) is 49.1 Å². The van der Waals surface area contributed by atoms with Crippen molar-refractivity contribution in [3.8, 4) is 11.5 Å². The van der Waals surface area contributed by atoms with Crippen molar-refractivity contribution in [2.75, 3.05) is 14.2 Å². The summed E-state index contributed by atoms with van der Waals surface area (Å²) in [4.78, 5) is 18.3. The van der Waals surface area contributed by atoms with Gasteiger partial charge in [0.25, 0.3) is 5.56 Å². The first-order chi connectivity index (χ1) is 18.5. The molecule has 0 saturated carbocycles. The number of methoxy groups -OCH3 is 2. The van der Waals surface area contributed by atoms with Crippen molar-refractivity contribution in [3.05, 3.63) is 112 Å². The van der Waals surface area contributed by atoms with Crippen LogP contribution < -0.4 is 15.0 Å². The van der Waals surface area contributed by atoms with Crippen LogP contribution in [0.15, 0.2) is 90.2 Å². The van der Waals surface area contributed by atoms with E-state index in [4.69, 9.17) is 21.1 Å². The van der Waals surface area contributed by atoms with Crippen LogP contribution in [0.25, 0.3) is 21.8 Å². The minimum absolute atomic E-state index is 0.113. The van der Waals surface area contributed by atoms with E-state index >= 15 is 0 Å². The van der Waals surface area contributed by atoms with Gasteiger partial charge in [-0.1, -0.05) is 35.9 Å². The number of benzene rings is 2. The molecular formula is C28H25ClN6O3. The van der Waals surface area contributed by atoms with Gasteiger partial charge in [-0.15, -0.1) is 0 Å². The quantitative estimate of drug-likeness (QED) is 0.308. The van der Waals surface area contributed by atoms with E-state index in [9.17, 15) is 4.79 Å². The molecular weight excluding hydrogens is 504 g/mol. The molecule has 0 aliphatic rings. The molecule has 192 valence electrons. The van der Waals surface area contributed by atoms with Crippen molar-refractivity contribution in [1.29, 1.82) is 0 Å². The minimum Gasteiger partial charge on any atom is -0.497 e. The Bertz CT molecular complexity index is 1720. The summed E-state index contributed by atoms with van der Waals surface area (Å²) in [7, 11) is 3.30. The van der Waals surface area contributed by atoms with Crippen molar-refractivity contribution < 1.29 is 9.47 Å². The molecule has 0 fully saturated rings. The highest BCUT2D eigenvalue weighted by Gasteiger charge is 2.06. The number of nitrogens with zero attached hydrogens (tertiary/aromatic N) is 5. The summed E-state index contributed by atoms with van der Waals surface area (Å²) in [5.74, 6) is 1.67. The first kappa shape index (κ1) is 25.0. The second kappa shape index (κ2) is 11.2. The van der Waals surface area contributed by atoms with Crippen molar-refractivity contribution in [3.63, 3.8) is 0 Å². The van der Waals surface area contributed by atoms with Crippen molar-refractivity contribution in [1.82, 2.24) is 29.5 Å². The van der Waals surface area contributed by atoms with Gasteiger partial charge < -0.3 is 14.5 Å². The van der Waals surface area contributed by atoms with E-state index in [1.54, 1.807) is 43.6 Å². The maximum Gasteiger partial charge on any atom is 0.259 e. The standard InChI is InChI=1S/C14H12ClN3O.C14H13N3O2/c1-19-11-4-2-10(3-5-11)8-18-9-12-13(17-18)6-7-16-14(12)15;1-19-11-4-2-10(3-5-11)8-17-9-12-13(16-17)6-7-15-14(12)18/h2-7,9H,8H2,1H3;2-7,9H,8H2,1H3,(H,15,18). The van der Waals surface area contributed by atoms with Gasteiger partial charge >= 0.3 is 0 Å². The van der Waals surface area contributed by atoms with Crippen molar-refractivity contribution >= 4 is 33.4 Å². The summed E-state index contributed by atoms with van der Waals surface area (Å²) in [6.07, 6.45) is 6.94. The van der Waals surface area contributed by atoms with Crippen molar-refractivity contribution in [2.24, 2.45) is 0 Å².